The maximum Gasteiger partial charge on any atom is 0.417 e. The van der Waals surface area contributed by atoms with Gasteiger partial charge >= 0.3 is 5.76 Å². The molecule has 0 aliphatic carbocycles. The van der Waals surface area contributed by atoms with Crippen LogP contribution in [0.2, 0.25) is 0 Å². The van der Waals surface area contributed by atoms with Crippen molar-refractivity contribution in [3.63, 3.8) is 0 Å². The van der Waals surface area contributed by atoms with Crippen molar-refractivity contribution in [3.8, 4) is 17.0 Å². The highest BCUT2D eigenvalue weighted by Crippen LogP contribution is 2.32. The van der Waals surface area contributed by atoms with E-state index in [0.29, 0.717) is 39.8 Å². The van der Waals surface area contributed by atoms with Crippen molar-refractivity contribution in [3.05, 3.63) is 93.8 Å². The summed E-state index contributed by atoms with van der Waals surface area (Å²) < 4.78 is 10.6. The van der Waals surface area contributed by atoms with E-state index in [0.717, 1.165) is 16.8 Å². The molecular weight excluding hydrogens is 480 g/mol. The average molecular weight is 499 g/mol. The van der Waals surface area contributed by atoms with Gasteiger partial charge < -0.3 is 14.1 Å². The molecule has 3 heterocycles. The van der Waals surface area contributed by atoms with E-state index in [-0.39, 0.29) is 18.4 Å². The number of fused-ring (bicyclic) bond motifs is 2. The number of aromatic amines is 1. The Hall–Kier alpha value is -4.70. The fourth-order valence-corrected chi connectivity index (χ4v) is 4.72. The number of H-pyrrole nitrogens is 1. The van der Waals surface area contributed by atoms with Crippen molar-refractivity contribution in [2.24, 2.45) is 0 Å². The molecule has 2 N–H and O–H groups in total. The summed E-state index contributed by atoms with van der Waals surface area (Å²) in [7, 11) is 0. The monoisotopic (exact) mass is 498 g/mol. The van der Waals surface area contributed by atoms with Gasteiger partial charge in [-0.25, -0.2) is 9.78 Å². The largest absolute Gasteiger partial charge is 0.482 e. The van der Waals surface area contributed by atoms with Crippen LogP contribution < -0.4 is 20.7 Å². The number of hydrogen-bond donors (Lipinski definition) is 2. The molecule has 0 saturated heterocycles. The van der Waals surface area contributed by atoms with Crippen molar-refractivity contribution in [1.29, 1.82) is 0 Å². The summed E-state index contributed by atoms with van der Waals surface area (Å²) in [5.41, 5.74) is 4.57. The van der Waals surface area contributed by atoms with Gasteiger partial charge in [0.2, 0.25) is 0 Å². The van der Waals surface area contributed by atoms with E-state index in [1.807, 2.05) is 47.8 Å². The standard InChI is InChI=1S/C26H18N4O5S/c31-23-13-34-21-4-2-1-3-20(21)30(23)12-15-5-7-16(8-6-15)24(32)29-25-27-19(14-36-25)17-9-10-18-22(11-17)35-26(33)28-18/h1-11,14H,12-13H2,(H,28,33)(H,27,29,32). The molecule has 36 heavy (non-hydrogen) atoms. The average Bonchev–Trinajstić information content (AvgIpc) is 3.51. The van der Waals surface area contributed by atoms with E-state index in [1.165, 1.54) is 11.3 Å². The third-order valence-electron chi connectivity index (χ3n) is 5.81. The van der Waals surface area contributed by atoms with Crippen molar-refractivity contribution < 1.29 is 18.7 Å². The van der Waals surface area contributed by atoms with Crippen LogP contribution in [-0.2, 0) is 11.3 Å². The number of carbonyl (C=O) groups is 2. The third-order valence-corrected chi connectivity index (χ3v) is 6.56. The molecule has 0 spiro atoms. The van der Waals surface area contributed by atoms with Crippen LogP contribution in [0, 0.1) is 0 Å². The molecule has 10 heteroatoms. The van der Waals surface area contributed by atoms with Crippen molar-refractivity contribution in [2.45, 2.75) is 6.54 Å². The van der Waals surface area contributed by atoms with E-state index < -0.39 is 5.76 Å². The number of hydrogen-bond acceptors (Lipinski definition) is 7. The summed E-state index contributed by atoms with van der Waals surface area (Å²) in [5.74, 6) is -0.246. The second kappa shape index (κ2) is 8.82. The lowest BCUT2D eigenvalue weighted by molar-refractivity contribution is -0.121. The molecule has 6 rings (SSSR count). The minimum atomic E-state index is -0.513. The Morgan fingerprint density at radius 2 is 1.92 bits per heavy atom. The Bertz CT molecular complexity index is 1670. The minimum Gasteiger partial charge on any atom is -0.482 e. The number of thiazole rings is 1. The Balaban J connectivity index is 1.14. The molecule has 0 saturated carbocycles. The molecule has 2 aromatic heterocycles. The van der Waals surface area contributed by atoms with Gasteiger partial charge in [0.25, 0.3) is 11.8 Å². The number of ether oxygens (including phenoxy) is 1. The van der Waals surface area contributed by atoms with Gasteiger partial charge in [-0.15, -0.1) is 11.3 Å². The lowest BCUT2D eigenvalue weighted by Crippen LogP contribution is -2.38. The number of benzene rings is 3. The molecule has 0 bridgehead atoms. The predicted molar refractivity (Wildman–Crippen MR) is 135 cm³/mol. The van der Waals surface area contributed by atoms with Gasteiger partial charge in [0.1, 0.15) is 5.75 Å². The fourth-order valence-electron chi connectivity index (χ4n) is 4.01. The molecule has 0 unspecified atom stereocenters. The van der Waals surface area contributed by atoms with Crippen LogP contribution in [0.4, 0.5) is 10.8 Å². The molecule has 178 valence electrons. The molecule has 1 aliphatic rings. The number of aromatic nitrogens is 2. The zero-order valence-electron chi connectivity index (χ0n) is 18.7. The molecule has 1 aliphatic heterocycles. The highest BCUT2D eigenvalue weighted by molar-refractivity contribution is 7.14. The van der Waals surface area contributed by atoms with Gasteiger partial charge in [0.05, 0.1) is 23.4 Å². The Kier molecular flexibility index (Phi) is 5.34. The number of rotatable bonds is 5. The quantitative estimate of drug-likeness (QED) is 0.370. The van der Waals surface area contributed by atoms with Crippen LogP contribution in [0.5, 0.6) is 5.75 Å². The van der Waals surface area contributed by atoms with Crippen LogP contribution in [0.3, 0.4) is 0 Å². The highest BCUT2D eigenvalue weighted by atomic mass is 32.1. The molecule has 0 radical (unpaired) electrons. The molecule has 2 amide bonds. The Morgan fingerprint density at radius 3 is 2.78 bits per heavy atom. The van der Waals surface area contributed by atoms with E-state index in [9.17, 15) is 14.4 Å². The smallest absolute Gasteiger partial charge is 0.417 e. The molecular formula is C26H18N4O5S. The zero-order valence-corrected chi connectivity index (χ0v) is 19.5. The summed E-state index contributed by atoms with van der Waals surface area (Å²) >= 11 is 1.30. The summed E-state index contributed by atoms with van der Waals surface area (Å²) in [6.45, 7) is 0.378. The van der Waals surface area contributed by atoms with Crippen molar-refractivity contribution in [2.75, 3.05) is 16.8 Å². The van der Waals surface area contributed by atoms with Gasteiger partial charge in [-0.1, -0.05) is 30.3 Å². The molecule has 3 aromatic carbocycles. The number of nitrogens with one attached hydrogen (secondary N) is 2. The topological polar surface area (TPSA) is 118 Å². The number of anilines is 2. The van der Waals surface area contributed by atoms with E-state index in [1.54, 1.807) is 29.2 Å². The summed E-state index contributed by atoms with van der Waals surface area (Å²) in [6, 6.07) is 19.8. The van der Waals surface area contributed by atoms with Crippen LogP contribution in [-0.4, -0.2) is 28.4 Å². The lowest BCUT2D eigenvalue weighted by atomic mass is 10.1. The first-order valence-electron chi connectivity index (χ1n) is 11.0. The summed E-state index contributed by atoms with van der Waals surface area (Å²) in [5, 5.41) is 5.09. The van der Waals surface area contributed by atoms with Gasteiger partial charge in [-0.05, 0) is 42.0 Å². The number of para-hydroxylation sites is 2. The second-order valence-electron chi connectivity index (χ2n) is 8.15. The first-order chi connectivity index (χ1) is 17.5. The lowest BCUT2D eigenvalue weighted by Gasteiger charge is -2.29. The van der Waals surface area contributed by atoms with Crippen LogP contribution in [0.25, 0.3) is 22.4 Å². The number of nitrogens with zero attached hydrogens (tertiary/aromatic N) is 2. The minimum absolute atomic E-state index is 0.000792. The van der Waals surface area contributed by atoms with Crippen LogP contribution >= 0.6 is 11.3 Å². The van der Waals surface area contributed by atoms with Crippen LogP contribution in [0.1, 0.15) is 15.9 Å². The van der Waals surface area contributed by atoms with Gasteiger partial charge in [-0.2, -0.15) is 0 Å². The Morgan fingerprint density at radius 1 is 1.08 bits per heavy atom. The first-order valence-corrected chi connectivity index (χ1v) is 11.9. The predicted octanol–water partition coefficient (Wildman–Crippen LogP) is 4.42. The van der Waals surface area contributed by atoms with Crippen LogP contribution in [0.15, 0.2) is 81.3 Å². The second-order valence-corrected chi connectivity index (χ2v) is 9.01. The fraction of sp³-hybridized carbons (Fsp3) is 0.0769. The van der Waals surface area contributed by atoms with Crippen molar-refractivity contribution in [1.82, 2.24) is 9.97 Å². The van der Waals surface area contributed by atoms with Gasteiger partial charge in [0.15, 0.2) is 17.3 Å². The first kappa shape index (κ1) is 21.8. The highest BCUT2D eigenvalue weighted by Gasteiger charge is 2.25. The van der Waals surface area contributed by atoms with E-state index >= 15 is 0 Å². The molecule has 9 nitrogen and oxygen atoms in total. The number of amides is 2. The number of carbonyl (C=O) groups excluding carboxylic acids is 2. The third kappa shape index (κ3) is 4.14. The zero-order chi connectivity index (χ0) is 24.6. The maximum absolute atomic E-state index is 12.8. The SMILES string of the molecule is O=C(Nc1nc(-c2ccc3[nH]c(=O)oc3c2)cs1)c1ccc(CN2C(=O)COc3ccccc32)cc1. The normalized spacial score (nSPS) is 12.9. The molecule has 0 fully saturated rings. The summed E-state index contributed by atoms with van der Waals surface area (Å²) in [4.78, 5) is 45.3. The van der Waals surface area contributed by atoms with Crippen molar-refractivity contribution >= 4 is 45.1 Å². The molecule has 0 atom stereocenters. The number of oxazole rings is 1. The van der Waals surface area contributed by atoms with E-state index in [2.05, 4.69) is 15.3 Å². The van der Waals surface area contributed by atoms with Gasteiger partial charge in [-0.3, -0.25) is 19.9 Å². The molecule has 5 aromatic rings. The maximum atomic E-state index is 12.8. The Labute approximate surface area is 208 Å². The van der Waals surface area contributed by atoms with E-state index in [4.69, 9.17) is 9.15 Å². The van der Waals surface area contributed by atoms with Gasteiger partial charge in [0, 0.05) is 16.5 Å². The summed E-state index contributed by atoms with van der Waals surface area (Å²) in [6.07, 6.45) is 0.